The molecule has 7 nitrogen and oxygen atoms in total. The molecule has 1 aliphatic rings. The van der Waals surface area contributed by atoms with Crippen molar-refractivity contribution in [2.45, 2.75) is 38.6 Å². The van der Waals surface area contributed by atoms with Crippen LogP contribution < -0.4 is 6.15 Å². The van der Waals surface area contributed by atoms with Crippen LogP contribution in [0.15, 0.2) is 12.5 Å². The van der Waals surface area contributed by atoms with Crippen molar-refractivity contribution in [2.24, 2.45) is 0 Å². The van der Waals surface area contributed by atoms with Gasteiger partial charge in [0, 0.05) is 6.54 Å². The van der Waals surface area contributed by atoms with Gasteiger partial charge in [0.2, 0.25) is 6.33 Å². The Bertz CT molecular complexity index is 424. The molecule has 0 unspecified atom stereocenters. The van der Waals surface area contributed by atoms with Crippen LogP contribution in [0.25, 0.3) is 0 Å². The van der Waals surface area contributed by atoms with E-state index in [0.29, 0.717) is 0 Å². The molecule has 3 N–H and O–H groups in total. The van der Waals surface area contributed by atoms with Crippen molar-refractivity contribution in [2.75, 3.05) is 19.6 Å². The van der Waals surface area contributed by atoms with E-state index in [1.807, 2.05) is 4.57 Å². The predicted molar refractivity (Wildman–Crippen MR) is 73.5 cm³/mol. The average molecular weight is 269 g/mol. The topological polar surface area (TPSA) is 99.2 Å². The zero-order chi connectivity index (χ0) is 13.2. The summed E-state index contributed by atoms with van der Waals surface area (Å²) in [5.41, 5.74) is -0.168. The third-order valence-electron chi connectivity index (χ3n) is 3.51. The van der Waals surface area contributed by atoms with Crippen LogP contribution in [0.3, 0.4) is 0 Å². The molecule has 2 rings (SSSR count). The second-order valence-corrected chi connectivity index (χ2v) is 5.55. The SMILES string of the molecule is CC(C)(CN1CCCCC1)n1cnc([N+](=O)[O-])c1.N. The van der Waals surface area contributed by atoms with Gasteiger partial charge in [-0.15, -0.1) is 0 Å². The highest BCUT2D eigenvalue weighted by atomic mass is 16.6. The summed E-state index contributed by atoms with van der Waals surface area (Å²) >= 11 is 0. The first-order valence-electron chi connectivity index (χ1n) is 6.40. The Morgan fingerprint density at radius 2 is 2.00 bits per heavy atom. The number of nitrogens with zero attached hydrogens (tertiary/aromatic N) is 4. The summed E-state index contributed by atoms with van der Waals surface area (Å²) in [6, 6.07) is 0. The van der Waals surface area contributed by atoms with E-state index >= 15 is 0 Å². The Balaban J connectivity index is 0.00000180. The van der Waals surface area contributed by atoms with E-state index in [2.05, 4.69) is 23.7 Å². The lowest BCUT2D eigenvalue weighted by atomic mass is 10.0. The zero-order valence-corrected chi connectivity index (χ0v) is 11.7. The fourth-order valence-corrected chi connectivity index (χ4v) is 2.48. The Kier molecular flexibility index (Phi) is 5.02. The number of likely N-dealkylation sites (tertiary alicyclic amines) is 1. The van der Waals surface area contributed by atoms with Crippen LogP contribution in [-0.2, 0) is 5.54 Å². The van der Waals surface area contributed by atoms with Crippen molar-refractivity contribution in [3.05, 3.63) is 22.6 Å². The van der Waals surface area contributed by atoms with E-state index in [-0.39, 0.29) is 17.5 Å². The second-order valence-electron chi connectivity index (χ2n) is 5.55. The Labute approximate surface area is 113 Å². The first-order valence-corrected chi connectivity index (χ1v) is 6.40. The molecule has 0 aliphatic carbocycles. The van der Waals surface area contributed by atoms with Gasteiger partial charge in [0.1, 0.15) is 6.20 Å². The Hall–Kier alpha value is -1.47. The van der Waals surface area contributed by atoms with Gasteiger partial charge < -0.3 is 25.7 Å². The van der Waals surface area contributed by atoms with Crippen LogP contribution in [0.1, 0.15) is 33.1 Å². The van der Waals surface area contributed by atoms with Gasteiger partial charge in [0.15, 0.2) is 0 Å². The number of imidazole rings is 1. The maximum atomic E-state index is 10.7. The molecule has 7 heteroatoms. The first-order chi connectivity index (χ1) is 8.49. The molecule has 108 valence electrons. The quantitative estimate of drug-likeness (QED) is 0.667. The largest absolute Gasteiger partial charge is 0.381 e. The van der Waals surface area contributed by atoms with Gasteiger partial charge in [-0.2, -0.15) is 0 Å². The standard InChI is InChI=1S/C12H20N4O2.H3N/c1-12(2,9-14-6-4-3-5-7-14)15-8-11(13-10-15)16(17)18;/h8,10H,3-7,9H2,1-2H3;1H3. The summed E-state index contributed by atoms with van der Waals surface area (Å²) < 4.78 is 1.85. The Morgan fingerprint density at radius 1 is 1.37 bits per heavy atom. The lowest BCUT2D eigenvalue weighted by molar-refractivity contribution is -0.389. The molecule has 1 aliphatic heterocycles. The van der Waals surface area contributed by atoms with Crippen LogP contribution >= 0.6 is 0 Å². The molecule has 0 amide bonds. The summed E-state index contributed by atoms with van der Waals surface area (Å²) in [5, 5.41) is 10.7. The van der Waals surface area contributed by atoms with Gasteiger partial charge in [-0.05, 0) is 49.7 Å². The second kappa shape index (κ2) is 6.12. The predicted octanol–water partition coefficient (Wildman–Crippen LogP) is 2.17. The lowest BCUT2D eigenvalue weighted by Gasteiger charge is -2.35. The zero-order valence-electron chi connectivity index (χ0n) is 11.7. The minimum absolute atomic E-state index is 0. The molecule has 0 spiro atoms. The molecule has 0 atom stereocenters. The number of aromatic nitrogens is 2. The highest BCUT2D eigenvalue weighted by Crippen LogP contribution is 2.21. The number of rotatable bonds is 4. The van der Waals surface area contributed by atoms with Crippen LogP contribution in [0.2, 0.25) is 0 Å². The minimum atomic E-state index is -0.451. The lowest BCUT2D eigenvalue weighted by Crippen LogP contribution is -2.42. The smallest absolute Gasteiger partial charge is 0.358 e. The molecular formula is C12H23N5O2. The first kappa shape index (κ1) is 15.6. The molecule has 1 fully saturated rings. The minimum Gasteiger partial charge on any atom is -0.358 e. The van der Waals surface area contributed by atoms with E-state index in [1.165, 1.54) is 25.5 Å². The summed E-state index contributed by atoms with van der Waals surface area (Å²) in [7, 11) is 0. The van der Waals surface area contributed by atoms with Crippen LogP contribution in [0.5, 0.6) is 0 Å². The summed E-state index contributed by atoms with van der Waals surface area (Å²) in [4.78, 5) is 16.4. The monoisotopic (exact) mass is 269 g/mol. The number of hydrogen-bond acceptors (Lipinski definition) is 5. The number of nitro groups is 1. The van der Waals surface area contributed by atoms with E-state index in [4.69, 9.17) is 0 Å². The van der Waals surface area contributed by atoms with Crippen LogP contribution in [-0.4, -0.2) is 39.0 Å². The molecule has 1 aromatic rings. The molecule has 0 bridgehead atoms. The third-order valence-corrected chi connectivity index (χ3v) is 3.51. The van der Waals surface area contributed by atoms with Crippen molar-refractivity contribution in [3.63, 3.8) is 0 Å². The molecule has 0 saturated carbocycles. The fourth-order valence-electron chi connectivity index (χ4n) is 2.48. The molecule has 2 heterocycles. The molecular weight excluding hydrogens is 246 g/mol. The molecule has 0 aromatic carbocycles. The summed E-state index contributed by atoms with van der Waals surface area (Å²) in [5.74, 6) is -0.0817. The van der Waals surface area contributed by atoms with Gasteiger partial charge in [-0.1, -0.05) is 6.42 Å². The van der Waals surface area contributed by atoms with E-state index in [1.54, 1.807) is 6.33 Å². The summed E-state index contributed by atoms with van der Waals surface area (Å²) in [6.45, 7) is 7.33. The maximum Gasteiger partial charge on any atom is 0.381 e. The normalized spacial score (nSPS) is 16.9. The average Bonchev–Trinajstić information content (AvgIpc) is 2.79. The van der Waals surface area contributed by atoms with Crippen molar-refractivity contribution in [1.82, 2.24) is 20.6 Å². The van der Waals surface area contributed by atoms with Crippen LogP contribution in [0.4, 0.5) is 5.82 Å². The van der Waals surface area contributed by atoms with Crippen molar-refractivity contribution < 1.29 is 4.92 Å². The highest BCUT2D eigenvalue weighted by molar-refractivity contribution is 5.14. The van der Waals surface area contributed by atoms with Gasteiger partial charge >= 0.3 is 5.82 Å². The summed E-state index contributed by atoms with van der Waals surface area (Å²) in [6.07, 6.45) is 6.89. The molecule has 1 saturated heterocycles. The molecule has 0 radical (unpaired) electrons. The molecule has 19 heavy (non-hydrogen) atoms. The van der Waals surface area contributed by atoms with E-state index in [0.717, 1.165) is 19.6 Å². The Morgan fingerprint density at radius 3 is 2.53 bits per heavy atom. The van der Waals surface area contributed by atoms with Crippen LogP contribution in [0, 0.1) is 10.1 Å². The van der Waals surface area contributed by atoms with Crippen molar-refractivity contribution in [3.8, 4) is 0 Å². The van der Waals surface area contributed by atoms with E-state index < -0.39 is 4.92 Å². The fraction of sp³-hybridized carbons (Fsp3) is 0.750. The maximum absolute atomic E-state index is 10.7. The number of piperidine rings is 1. The van der Waals surface area contributed by atoms with Gasteiger partial charge in [-0.3, -0.25) is 0 Å². The van der Waals surface area contributed by atoms with Gasteiger partial charge in [0.05, 0.1) is 5.54 Å². The molecule has 1 aromatic heterocycles. The van der Waals surface area contributed by atoms with Gasteiger partial charge in [0.25, 0.3) is 0 Å². The third kappa shape index (κ3) is 3.74. The highest BCUT2D eigenvalue weighted by Gasteiger charge is 2.27. The number of hydrogen-bond donors (Lipinski definition) is 1. The van der Waals surface area contributed by atoms with E-state index in [9.17, 15) is 10.1 Å². The van der Waals surface area contributed by atoms with Crippen molar-refractivity contribution >= 4 is 5.82 Å². The van der Waals surface area contributed by atoms with Gasteiger partial charge in [-0.25, -0.2) is 0 Å². The van der Waals surface area contributed by atoms with Crippen molar-refractivity contribution in [1.29, 1.82) is 0 Å².